The molecule has 0 radical (unpaired) electrons. The molecule has 0 spiro atoms. The van der Waals surface area contributed by atoms with Gasteiger partial charge in [0.1, 0.15) is 0 Å². The van der Waals surface area contributed by atoms with E-state index in [9.17, 15) is 9.59 Å². The van der Waals surface area contributed by atoms with Crippen LogP contribution >= 0.6 is 11.3 Å². The maximum atomic E-state index is 12.6. The Morgan fingerprint density at radius 3 is 2.68 bits per heavy atom. The summed E-state index contributed by atoms with van der Waals surface area (Å²) in [6, 6.07) is 2.33. The highest BCUT2D eigenvalue weighted by Gasteiger charge is 2.30. The molecule has 1 unspecified atom stereocenters. The Morgan fingerprint density at radius 1 is 1.32 bits per heavy atom. The first-order chi connectivity index (χ1) is 10.4. The van der Waals surface area contributed by atoms with E-state index in [1.807, 2.05) is 11.9 Å². The Labute approximate surface area is 136 Å². The van der Waals surface area contributed by atoms with Crippen LogP contribution in [0.25, 0.3) is 0 Å². The minimum atomic E-state index is 0.0149. The number of hydrogen-bond donors (Lipinski definition) is 0. The molecule has 1 aromatic rings. The highest BCUT2D eigenvalue weighted by molar-refractivity contribution is 7.10. The predicted octanol–water partition coefficient (Wildman–Crippen LogP) is 1.60. The second-order valence-electron chi connectivity index (χ2n) is 6.02. The minimum absolute atomic E-state index is 0.0149. The van der Waals surface area contributed by atoms with Crippen LogP contribution in [0, 0.1) is 0 Å². The lowest BCUT2D eigenvalue weighted by Crippen LogP contribution is -2.45. The van der Waals surface area contributed by atoms with Crippen molar-refractivity contribution < 1.29 is 9.59 Å². The fraction of sp³-hybridized carbons (Fsp3) is 0.625. The molecular formula is C16H25N3O2S. The van der Waals surface area contributed by atoms with Crippen LogP contribution in [-0.2, 0) is 16.0 Å². The molecule has 0 saturated heterocycles. The van der Waals surface area contributed by atoms with Crippen molar-refractivity contribution in [1.82, 2.24) is 14.7 Å². The molecular weight excluding hydrogens is 298 g/mol. The number of rotatable bonds is 5. The minimum Gasteiger partial charge on any atom is -0.348 e. The van der Waals surface area contributed by atoms with Gasteiger partial charge < -0.3 is 9.80 Å². The molecule has 5 nitrogen and oxygen atoms in total. The fourth-order valence-electron chi connectivity index (χ4n) is 2.89. The van der Waals surface area contributed by atoms with Gasteiger partial charge in [-0.3, -0.25) is 14.5 Å². The lowest BCUT2D eigenvalue weighted by Gasteiger charge is -2.36. The van der Waals surface area contributed by atoms with Crippen LogP contribution in [0.15, 0.2) is 11.4 Å². The Morgan fingerprint density at radius 2 is 2.05 bits per heavy atom. The normalized spacial score (nSPS) is 17.5. The summed E-state index contributed by atoms with van der Waals surface area (Å²) in [6.07, 6.45) is 1.87. The summed E-state index contributed by atoms with van der Waals surface area (Å²) >= 11 is 1.79. The summed E-state index contributed by atoms with van der Waals surface area (Å²) in [6.45, 7) is 3.46. The van der Waals surface area contributed by atoms with Crippen molar-refractivity contribution in [3.05, 3.63) is 21.9 Å². The molecule has 0 aliphatic carbocycles. The number of hydrogen-bond acceptors (Lipinski definition) is 4. The van der Waals surface area contributed by atoms with E-state index in [1.165, 1.54) is 10.4 Å². The van der Waals surface area contributed by atoms with E-state index in [-0.39, 0.29) is 30.9 Å². The van der Waals surface area contributed by atoms with Gasteiger partial charge in [-0.25, -0.2) is 0 Å². The molecule has 2 amide bonds. The standard InChI is InChI=1S/C16H25N3O2S/c1-5-13-12-7-9-22-14(12)6-8-19(13)16(21)11-18(4)10-15(20)17(2)3/h7,9,13H,5-6,8,10-11H2,1-4H3. The number of carbonyl (C=O) groups is 2. The molecule has 2 rings (SSSR count). The van der Waals surface area contributed by atoms with Crippen molar-refractivity contribution in [2.45, 2.75) is 25.8 Å². The van der Waals surface area contributed by atoms with Gasteiger partial charge in [-0.05, 0) is 36.9 Å². The summed E-state index contributed by atoms with van der Waals surface area (Å²) in [4.78, 5) is 31.1. The van der Waals surface area contributed by atoms with Crippen molar-refractivity contribution in [3.8, 4) is 0 Å². The number of carbonyl (C=O) groups excluding carboxylic acids is 2. The maximum absolute atomic E-state index is 12.6. The summed E-state index contributed by atoms with van der Waals surface area (Å²) in [5.41, 5.74) is 1.30. The molecule has 0 bridgehead atoms. The van der Waals surface area contributed by atoms with Gasteiger partial charge in [-0.2, -0.15) is 0 Å². The number of likely N-dealkylation sites (N-methyl/N-ethyl adjacent to an activating group) is 2. The molecule has 1 atom stereocenters. The summed E-state index contributed by atoms with van der Waals surface area (Å²) in [5.74, 6) is 0.124. The van der Waals surface area contributed by atoms with Crippen LogP contribution < -0.4 is 0 Å². The van der Waals surface area contributed by atoms with Crippen LogP contribution in [0.2, 0.25) is 0 Å². The Bertz CT molecular complexity index is 541. The van der Waals surface area contributed by atoms with Crippen LogP contribution in [0.4, 0.5) is 0 Å². The largest absolute Gasteiger partial charge is 0.348 e. The Balaban J connectivity index is 1.99. The van der Waals surface area contributed by atoms with Gasteiger partial charge in [-0.1, -0.05) is 6.92 Å². The van der Waals surface area contributed by atoms with E-state index in [0.29, 0.717) is 0 Å². The van der Waals surface area contributed by atoms with E-state index in [0.717, 1.165) is 19.4 Å². The molecule has 0 aromatic carbocycles. The van der Waals surface area contributed by atoms with E-state index in [4.69, 9.17) is 0 Å². The first-order valence-corrected chi connectivity index (χ1v) is 8.56. The molecule has 6 heteroatoms. The van der Waals surface area contributed by atoms with Crippen molar-refractivity contribution in [3.63, 3.8) is 0 Å². The van der Waals surface area contributed by atoms with Gasteiger partial charge in [0.2, 0.25) is 11.8 Å². The molecule has 1 aliphatic rings. The highest BCUT2D eigenvalue weighted by Crippen LogP contribution is 2.35. The second-order valence-corrected chi connectivity index (χ2v) is 7.02. The number of fused-ring (bicyclic) bond motifs is 1. The van der Waals surface area contributed by atoms with Crippen LogP contribution in [0.1, 0.15) is 29.8 Å². The first kappa shape index (κ1) is 17.0. The third-order valence-electron chi connectivity index (χ3n) is 4.11. The molecule has 122 valence electrons. The van der Waals surface area contributed by atoms with Crippen molar-refractivity contribution in [2.75, 3.05) is 40.8 Å². The molecule has 0 fully saturated rings. The van der Waals surface area contributed by atoms with E-state index in [2.05, 4.69) is 18.4 Å². The van der Waals surface area contributed by atoms with Gasteiger partial charge in [0, 0.05) is 25.5 Å². The van der Waals surface area contributed by atoms with Crippen molar-refractivity contribution >= 4 is 23.2 Å². The van der Waals surface area contributed by atoms with Gasteiger partial charge >= 0.3 is 0 Å². The van der Waals surface area contributed by atoms with Crippen LogP contribution in [0.5, 0.6) is 0 Å². The monoisotopic (exact) mass is 323 g/mol. The van der Waals surface area contributed by atoms with E-state index in [1.54, 1.807) is 35.2 Å². The first-order valence-electron chi connectivity index (χ1n) is 7.68. The fourth-order valence-corrected chi connectivity index (χ4v) is 3.81. The topological polar surface area (TPSA) is 43.9 Å². The zero-order chi connectivity index (χ0) is 16.3. The molecule has 22 heavy (non-hydrogen) atoms. The maximum Gasteiger partial charge on any atom is 0.237 e. The highest BCUT2D eigenvalue weighted by atomic mass is 32.1. The van der Waals surface area contributed by atoms with Gasteiger partial charge in [0.05, 0.1) is 19.1 Å². The third-order valence-corrected chi connectivity index (χ3v) is 5.11. The van der Waals surface area contributed by atoms with E-state index < -0.39 is 0 Å². The number of amides is 2. The summed E-state index contributed by atoms with van der Waals surface area (Å²) in [5, 5.41) is 2.11. The number of nitrogens with zero attached hydrogens (tertiary/aromatic N) is 3. The predicted molar refractivity (Wildman–Crippen MR) is 89.0 cm³/mol. The van der Waals surface area contributed by atoms with E-state index >= 15 is 0 Å². The zero-order valence-corrected chi connectivity index (χ0v) is 14.7. The summed E-state index contributed by atoms with van der Waals surface area (Å²) < 4.78 is 0. The lowest BCUT2D eigenvalue weighted by atomic mass is 9.98. The zero-order valence-electron chi connectivity index (χ0n) is 13.8. The Hall–Kier alpha value is -1.40. The van der Waals surface area contributed by atoms with Crippen LogP contribution in [0.3, 0.4) is 0 Å². The van der Waals surface area contributed by atoms with Gasteiger partial charge in [0.15, 0.2) is 0 Å². The lowest BCUT2D eigenvalue weighted by molar-refractivity contribution is -0.136. The average Bonchev–Trinajstić information content (AvgIpc) is 2.93. The SMILES string of the molecule is CCC1c2ccsc2CCN1C(=O)CN(C)CC(=O)N(C)C. The van der Waals surface area contributed by atoms with Crippen LogP contribution in [-0.4, -0.2) is 67.3 Å². The Kier molecular flexibility index (Phi) is 5.58. The van der Waals surface area contributed by atoms with Crippen molar-refractivity contribution in [1.29, 1.82) is 0 Å². The van der Waals surface area contributed by atoms with Crippen molar-refractivity contribution in [2.24, 2.45) is 0 Å². The molecule has 1 aromatic heterocycles. The quantitative estimate of drug-likeness (QED) is 0.827. The molecule has 0 N–H and O–H groups in total. The molecule has 0 saturated carbocycles. The third kappa shape index (κ3) is 3.67. The van der Waals surface area contributed by atoms with Gasteiger partial charge in [0.25, 0.3) is 0 Å². The number of thiophene rings is 1. The summed E-state index contributed by atoms with van der Waals surface area (Å²) in [7, 11) is 5.28. The average molecular weight is 323 g/mol. The van der Waals surface area contributed by atoms with Gasteiger partial charge in [-0.15, -0.1) is 11.3 Å². The molecule has 2 heterocycles. The smallest absolute Gasteiger partial charge is 0.237 e. The molecule has 1 aliphatic heterocycles. The second kappa shape index (κ2) is 7.24.